The van der Waals surface area contributed by atoms with Crippen LogP contribution in [0, 0.1) is 5.92 Å². The van der Waals surface area contributed by atoms with Gasteiger partial charge in [0.1, 0.15) is 0 Å². The molecule has 14 heavy (non-hydrogen) atoms. The molecule has 0 aromatic carbocycles. The van der Waals surface area contributed by atoms with E-state index in [1.807, 2.05) is 12.4 Å². The number of H-pyrrole nitrogens is 1. The van der Waals surface area contributed by atoms with E-state index >= 15 is 0 Å². The summed E-state index contributed by atoms with van der Waals surface area (Å²) in [7, 11) is 0. The van der Waals surface area contributed by atoms with Gasteiger partial charge in [-0.25, -0.2) is 0 Å². The van der Waals surface area contributed by atoms with Crippen molar-refractivity contribution in [2.75, 3.05) is 0 Å². The number of hydrogen-bond acceptors (Lipinski definition) is 1. The molecule has 0 radical (unpaired) electrons. The Morgan fingerprint density at radius 3 is 3.36 bits per heavy atom. The highest BCUT2D eigenvalue weighted by atomic mass is 14.7. The van der Waals surface area contributed by atoms with Crippen molar-refractivity contribution in [1.82, 2.24) is 9.97 Å². The number of pyridine rings is 1. The molecule has 0 bridgehead atoms. The molecule has 2 aromatic rings. The first-order valence-corrected chi connectivity index (χ1v) is 5.28. The van der Waals surface area contributed by atoms with Crippen molar-refractivity contribution in [3.63, 3.8) is 0 Å². The third kappa shape index (κ3) is 1.07. The van der Waals surface area contributed by atoms with E-state index in [4.69, 9.17) is 0 Å². The number of aromatic amines is 1. The van der Waals surface area contributed by atoms with Gasteiger partial charge in [0, 0.05) is 29.0 Å². The highest BCUT2D eigenvalue weighted by molar-refractivity contribution is 5.83. The lowest BCUT2D eigenvalue weighted by Crippen LogP contribution is -2.10. The van der Waals surface area contributed by atoms with Crippen molar-refractivity contribution in [1.29, 1.82) is 0 Å². The molecule has 1 aliphatic carbocycles. The molecule has 0 unspecified atom stereocenters. The van der Waals surface area contributed by atoms with Crippen molar-refractivity contribution in [3.8, 4) is 0 Å². The Morgan fingerprint density at radius 1 is 1.50 bits per heavy atom. The molecule has 0 aliphatic heterocycles. The maximum atomic E-state index is 4.19. The zero-order chi connectivity index (χ0) is 9.54. The van der Waals surface area contributed by atoms with Crippen LogP contribution in [0.2, 0.25) is 0 Å². The maximum Gasteiger partial charge on any atom is 0.0490 e. The summed E-state index contributed by atoms with van der Waals surface area (Å²) in [6, 6.07) is 2.07. The van der Waals surface area contributed by atoms with Gasteiger partial charge in [0.15, 0.2) is 0 Å². The Labute approximate surface area is 83.4 Å². The van der Waals surface area contributed by atoms with Gasteiger partial charge in [-0.05, 0) is 36.8 Å². The van der Waals surface area contributed by atoms with Crippen LogP contribution in [-0.4, -0.2) is 9.97 Å². The number of nitrogens with zero attached hydrogens (tertiary/aromatic N) is 1. The number of fused-ring (bicyclic) bond motifs is 3. The van der Waals surface area contributed by atoms with E-state index in [0.717, 1.165) is 5.92 Å². The first-order valence-electron chi connectivity index (χ1n) is 5.28. The van der Waals surface area contributed by atoms with Gasteiger partial charge in [0.2, 0.25) is 0 Å². The van der Waals surface area contributed by atoms with E-state index in [1.54, 1.807) is 0 Å². The predicted molar refractivity (Wildman–Crippen MR) is 57.3 cm³/mol. The Bertz CT molecular complexity index is 470. The molecule has 0 fully saturated rings. The van der Waals surface area contributed by atoms with Crippen LogP contribution in [-0.2, 0) is 12.8 Å². The molecule has 2 heteroatoms. The molecule has 1 N–H and O–H groups in total. The molecule has 0 spiro atoms. The minimum Gasteiger partial charge on any atom is -0.358 e. The van der Waals surface area contributed by atoms with Crippen LogP contribution in [0.1, 0.15) is 24.6 Å². The first kappa shape index (κ1) is 8.04. The van der Waals surface area contributed by atoms with Crippen LogP contribution in [0.4, 0.5) is 0 Å². The molecule has 1 atom stereocenters. The predicted octanol–water partition coefficient (Wildman–Crippen LogP) is 2.69. The van der Waals surface area contributed by atoms with E-state index in [0.29, 0.717) is 0 Å². The summed E-state index contributed by atoms with van der Waals surface area (Å²) >= 11 is 0. The highest BCUT2D eigenvalue weighted by Gasteiger charge is 2.19. The molecule has 3 rings (SSSR count). The number of rotatable bonds is 0. The number of hydrogen-bond donors (Lipinski definition) is 1. The minimum absolute atomic E-state index is 0.823. The molecule has 2 aromatic heterocycles. The van der Waals surface area contributed by atoms with E-state index in [9.17, 15) is 0 Å². The largest absolute Gasteiger partial charge is 0.358 e. The number of nitrogens with one attached hydrogen (secondary N) is 1. The molecule has 0 amide bonds. The third-order valence-electron chi connectivity index (χ3n) is 3.24. The molecule has 0 saturated carbocycles. The smallest absolute Gasteiger partial charge is 0.0490 e. The van der Waals surface area contributed by atoms with Crippen LogP contribution >= 0.6 is 0 Å². The van der Waals surface area contributed by atoms with Gasteiger partial charge < -0.3 is 4.98 Å². The SMILES string of the molecule is C[C@@H]1CCc2c([nH]c3ccncc23)C1. The van der Waals surface area contributed by atoms with Crippen molar-refractivity contribution in [3.05, 3.63) is 29.7 Å². The highest BCUT2D eigenvalue weighted by Crippen LogP contribution is 2.30. The molecule has 72 valence electrons. The van der Waals surface area contributed by atoms with Crippen LogP contribution < -0.4 is 0 Å². The summed E-state index contributed by atoms with van der Waals surface area (Å²) < 4.78 is 0. The molecule has 0 saturated heterocycles. The van der Waals surface area contributed by atoms with E-state index in [1.165, 1.54) is 41.4 Å². The quantitative estimate of drug-likeness (QED) is 0.673. The first-order chi connectivity index (χ1) is 6.84. The van der Waals surface area contributed by atoms with Gasteiger partial charge in [-0.2, -0.15) is 0 Å². The summed E-state index contributed by atoms with van der Waals surface area (Å²) in [5.74, 6) is 0.823. The second kappa shape index (κ2) is 2.84. The standard InChI is InChI=1S/C12H14N2/c1-8-2-3-9-10-7-13-5-4-11(10)14-12(9)6-8/h4-5,7-8,14H,2-3,6H2,1H3/t8-/m1/s1. The Hall–Kier alpha value is -1.31. The van der Waals surface area contributed by atoms with Gasteiger partial charge >= 0.3 is 0 Å². The zero-order valence-electron chi connectivity index (χ0n) is 8.38. The fraction of sp³-hybridized carbons (Fsp3) is 0.417. The fourth-order valence-corrected chi connectivity index (χ4v) is 2.45. The van der Waals surface area contributed by atoms with Crippen LogP contribution in [0.3, 0.4) is 0 Å². The minimum atomic E-state index is 0.823. The lowest BCUT2D eigenvalue weighted by Gasteiger charge is -2.17. The van der Waals surface area contributed by atoms with Gasteiger partial charge in [-0.15, -0.1) is 0 Å². The third-order valence-corrected chi connectivity index (χ3v) is 3.24. The van der Waals surface area contributed by atoms with Crippen LogP contribution in [0.15, 0.2) is 18.5 Å². The van der Waals surface area contributed by atoms with Crippen molar-refractivity contribution < 1.29 is 0 Å². The average Bonchev–Trinajstić information content (AvgIpc) is 2.54. The Balaban J connectivity index is 2.24. The van der Waals surface area contributed by atoms with Crippen LogP contribution in [0.5, 0.6) is 0 Å². The topological polar surface area (TPSA) is 28.7 Å². The van der Waals surface area contributed by atoms with Crippen molar-refractivity contribution in [2.45, 2.75) is 26.2 Å². The van der Waals surface area contributed by atoms with Gasteiger partial charge in [-0.1, -0.05) is 6.92 Å². The van der Waals surface area contributed by atoms with Crippen molar-refractivity contribution in [2.24, 2.45) is 5.92 Å². The molecule has 2 heterocycles. The number of aromatic nitrogens is 2. The normalized spacial score (nSPS) is 21.1. The summed E-state index contributed by atoms with van der Waals surface area (Å²) in [4.78, 5) is 7.70. The molecule has 1 aliphatic rings. The van der Waals surface area contributed by atoms with E-state index in [-0.39, 0.29) is 0 Å². The van der Waals surface area contributed by atoms with E-state index < -0.39 is 0 Å². The summed E-state index contributed by atoms with van der Waals surface area (Å²) in [6.07, 6.45) is 7.56. The van der Waals surface area contributed by atoms with Gasteiger partial charge in [0.05, 0.1) is 0 Å². The average molecular weight is 186 g/mol. The van der Waals surface area contributed by atoms with Crippen LogP contribution in [0.25, 0.3) is 10.9 Å². The molecular weight excluding hydrogens is 172 g/mol. The summed E-state index contributed by atoms with van der Waals surface area (Å²) in [6.45, 7) is 2.33. The van der Waals surface area contributed by atoms with E-state index in [2.05, 4.69) is 23.0 Å². The Kier molecular flexibility index (Phi) is 1.63. The Morgan fingerprint density at radius 2 is 2.43 bits per heavy atom. The van der Waals surface area contributed by atoms with Gasteiger partial charge in [-0.3, -0.25) is 4.98 Å². The summed E-state index contributed by atoms with van der Waals surface area (Å²) in [5, 5.41) is 1.33. The fourth-order valence-electron chi connectivity index (χ4n) is 2.45. The molecule has 2 nitrogen and oxygen atoms in total. The van der Waals surface area contributed by atoms with Gasteiger partial charge in [0.25, 0.3) is 0 Å². The second-order valence-electron chi connectivity index (χ2n) is 4.35. The maximum absolute atomic E-state index is 4.19. The number of aryl methyl sites for hydroxylation is 1. The monoisotopic (exact) mass is 186 g/mol. The molecular formula is C12H14N2. The lowest BCUT2D eigenvalue weighted by atomic mass is 9.88. The second-order valence-corrected chi connectivity index (χ2v) is 4.35. The van der Waals surface area contributed by atoms with Crippen molar-refractivity contribution >= 4 is 10.9 Å². The summed E-state index contributed by atoms with van der Waals surface area (Å²) in [5.41, 5.74) is 4.19. The lowest BCUT2D eigenvalue weighted by molar-refractivity contribution is 0.497. The zero-order valence-corrected chi connectivity index (χ0v) is 8.38.